The number of esters is 2. The zero-order valence-corrected chi connectivity index (χ0v) is 20.5. The van der Waals surface area contributed by atoms with E-state index in [1.54, 1.807) is 30.3 Å². The lowest BCUT2D eigenvalue weighted by molar-refractivity contribution is -0.275. The van der Waals surface area contributed by atoms with Crippen molar-refractivity contribution >= 4 is 33.8 Å². The van der Waals surface area contributed by atoms with Gasteiger partial charge in [-0.3, -0.25) is 9.69 Å². The molecule has 35 heavy (non-hydrogen) atoms. The zero-order chi connectivity index (χ0) is 24.6. The van der Waals surface area contributed by atoms with Crippen LogP contribution < -0.4 is 0 Å². The normalized spacial score (nSPS) is 20.1. The van der Waals surface area contributed by atoms with Gasteiger partial charge in [-0.2, -0.15) is 0 Å². The average molecular weight is 543 g/mol. The van der Waals surface area contributed by atoms with Gasteiger partial charge in [0.2, 0.25) is 0 Å². The van der Waals surface area contributed by atoms with E-state index in [9.17, 15) is 18.8 Å². The van der Waals surface area contributed by atoms with Gasteiger partial charge in [-0.25, -0.2) is 14.0 Å². The highest BCUT2D eigenvalue weighted by Gasteiger charge is 2.57. The van der Waals surface area contributed by atoms with E-state index >= 15 is 0 Å². The fourth-order valence-electron chi connectivity index (χ4n) is 4.90. The second-order valence-electron chi connectivity index (χ2n) is 9.02. The second kappa shape index (κ2) is 9.54. The molecule has 182 valence electrons. The molecule has 7 nitrogen and oxygen atoms in total. The van der Waals surface area contributed by atoms with Gasteiger partial charge in [-0.05, 0) is 74.2 Å². The van der Waals surface area contributed by atoms with Crippen molar-refractivity contribution in [2.45, 2.75) is 25.2 Å². The van der Waals surface area contributed by atoms with E-state index in [4.69, 9.17) is 9.47 Å². The van der Waals surface area contributed by atoms with Gasteiger partial charge in [0, 0.05) is 29.7 Å². The number of ether oxygens (including phenoxy) is 2. The summed E-state index contributed by atoms with van der Waals surface area (Å²) >= 11 is 3.39. The Kier molecular flexibility index (Phi) is 6.46. The largest absolute Gasteiger partial charge is 0.396 e. The summed E-state index contributed by atoms with van der Waals surface area (Å²) in [5, 5.41) is 0. The molecule has 1 amide bonds. The molecule has 0 aliphatic carbocycles. The highest BCUT2D eigenvalue weighted by atomic mass is 79.9. The Hall–Kier alpha value is -3.04. The Labute approximate surface area is 210 Å². The monoisotopic (exact) mass is 542 g/mol. The number of carbonyl (C=O) groups excluding carboxylic acids is 3. The van der Waals surface area contributed by atoms with Crippen molar-refractivity contribution in [3.63, 3.8) is 0 Å². The molecule has 9 heteroatoms. The van der Waals surface area contributed by atoms with Crippen molar-refractivity contribution in [2.75, 3.05) is 26.2 Å². The molecule has 1 fully saturated rings. The van der Waals surface area contributed by atoms with Crippen molar-refractivity contribution in [1.82, 2.24) is 9.80 Å². The number of carbonyl (C=O) groups is 3. The number of amides is 1. The van der Waals surface area contributed by atoms with Gasteiger partial charge in [0.15, 0.2) is 0 Å². The summed E-state index contributed by atoms with van der Waals surface area (Å²) < 4.78 is 25.1. The summed E-state index contributed by atoms with van der Waals surface area (Å²) in [7, 11) is 0. The molecule has 3 heterocycles. The minimum Gasteiger partial charge on any atom is -0.396 e. The SMILES string of the molecule is O=C1C=CC(=O)OC2(O1)c1cc(Br)ccc1C(=O)N2CC1CCN(CCc2ccc(F)cc2)CC1. The number of rotatable bonds is 5. The molecular formula is C26H24BrFN2O5. The first-order valence-electron chi connectivity index (χ1n) is 11.6. The van der Waals surface area contributed by atoms with E-state index < -0.39 is 17.8 Å². The van der Waals surface area contributed by atoms with Gasteiger partial charge in [0.1, 0.15) is 5.82 Å². The Bertz CT molecular complexity index is 1170. The summed E-state index contributed by atoms with van der Waals surface area (Å²) in [6.07, 6.45) is 4.53. The van der Waals surface area contributed by atoms with Crippen LogP contribution in [0.4, 0.5) is 4.39 Å². The molecule has 5 rings (SSSR count). The summed E-state index contributed by atoms with van der Waals surface area (Å²) in [5.41, 5.74) is 1.76. The third-order valence-corrected chi connectivity index (χ3v) is 7.26. The van der Waals surface area contributed by atoms with E-state index in [2.05, 4.69) is 20.8 Å². The van der Waals surface area contributed by atoms with Crippen LogP contribution >= 0.6 is 15.9 Å². The van der Waals surface area contributed by atoms with Crippen molar-refractivity contribution < 1.29 is 28.2 Å². The van der Waals surface area contributed by atoms with E-state index in [1.807, 2.05) is 0 Å². The lowest BCUT2D eigenvalue weighted by Gasteiger charge is -2.39. The van der Waals surface area contributed by atoms with E-state index in [1.165, 1.54) is 17.0 Å². The lowest BCUT2D eigenvalue weighted by atomic mass is 9.95. The van der Waals surface area contributed by atoms with E-state index in [-0.39, 0.29) is 24.2 Å². The van der Waals surface area contributed by atoms with Gasteiger partial charge in [-0.1, -0.05) is 28.1 Å². The van der Waals surface area contributed by atoms with Crippen LogP contribution in [0.25, 0.3) is 0 Å². The van der Waals surface area contributed by atoms with Crippen molar-refractivity contribution in [1.29, 1.82) is 0 Å². The number of nitrogens with zero attached hydrogens (tertiary/aromatic N) is 2. The van der Waals surface area contributed by atoms with Gasteiger partial charge in [0.05, 0.1) is 11.1 Å². The Morgan fingerprint density at radius 3 is 2.29 bits per heavy atom. The molecule has 1 spiro atoms. The van der Waals surface area contributed by atoms with Crippen LogP contribution in [0.3, 0.4) is 0 Å². The molecule has 0 saturated carbocycles. The highest BCUT2D eigenvalue weighted by Crippen LogP contribution is 2.44. The molecule has 1 saturated heterocycles. The molecular weight excluding hydrogens is 519 g/mol. The zero-order valence-electron chi connectivity index (χ0n) is 18.9. The van der Waals surface area contributed by atoms with Crippen LogP contribution in [0.15, 0.2) is 59.1 Å². The topological polar surface area (TPSA) is 76.2 Å². The van der Waals surface area contributed by atoms with Crippen LogP contribution in [0.1, 0.15) is 34.3 Å². The van der Waals surface area contributed by atoms with Crippen molar-refractivity contribution in [3.05, 3.63) is 81.6 Å². The number of fused-ring (bicyclic) bond motifs is 2. The predicted molar refractivity (Wildman–Crippen MR) is 127 cm³/mol. The molecule has 2 aromatic carbocycles. The number of likely N-dealkylation sites (tertiary alicyclic amines) is 1. The minimum absolute atomic E-state index is 0.143. The molecule has 0 aromatic heterocycles. The molecule has 3 aliphatic rings. The maximum Gasteiger partial charge on any atom is 0.375 e. The van der Waals surface area contributed by atoms with E-state index in [0.29, 0.717) is 15.6 Å². The fraction of sp³-hybridized carbons (Fsp3) is 0.346. The summed E-state index contributed by atoms with van der Waals surface area (Å²) in [4.78, 5) is 41.9. The standard InChI is InChI=1S/C26H24BrFN2O5/c27-19-3-6-21-22(15-19)26(34-23(31)7-8-24(32)35-26)30(25(21)33)16-18-10-13-29(14-11-18)12-9-17-1-4-20(28)5-2-17/h1-8,15,18H,9-14,16H2. The number of hydrogen-bond acceptors (Lipinski definition) is 6. The van der Waals surface area contributed by atoms with Crippen LogP contribution in [-0.4, -0.2) is 53.8 Å². The van der Waals surface area contributed by atoms with Crippen LogP contribution in [0.5, 0.6) is 0 Å². The number of halogens is 2. The second-order valence-corrected chi connectivity index (χ2v) is 9.94. The minimum atomic E-state index is -1.92. The van der Waals surface area contributed by atoms with Gasteiger partial charge >= 0.3 is 17.8 Å². The first kappa shape index (κ1) is 23.7. The van der Waals surface area contributed by atoms with Crippen molar-refractivity contribution in [3.8, 4) is 0 Å². The van der Waals surface area contributed by atoms with E-state index in [0.717, 1.165) is 56.6 Å². The molecule has 2 aromatic rings. The quantitative estimate of drug-likeness (QED) is 0.535. The molecule has 0 atom stereocenters. The summed E-state index contributed by atoms with van der Waals surface area (Å²) in [6.45, 7) is 2.85. The fourth-order valence-corrected chi connectivity index (χ4v) is 5.26. The van der Waals surface area contributed by atoms with Gasteiger partial charge in [-0.15, -0.1) is 0 Å². The lowest BCUT2D eigenvalue weighted by Crippen LogP contribution is -2.52. The summed E-state index contributed by atoms with van der Waals surface area (Å²) in [5.74, 6) is -3.86. The first-order valence-corrected chi connectivity index (χ1v) is 12.4. The predicted octanol–water partition coefficient (Wildman–Crippen LogP) is 3.77. The third-order valence-electron chi connectivity index (χ3n) is 6.76. The molecule has 0 N–H and O–H groups in total. The van der Waals surface area contributed by atoms with Gasteiger partial charge in [0.25, 0.3) is 5.91 Å². The maximum atomic E-state index is 13.4. The van der Waals surface area contributed by atoms with Crippen LogP contribution in [0, 0.1) is 11.7 Å². The smallest absolute Gasteiger partial charge is 0.375 e. The Morgan fingerprint density at radius 2 is 1.63 bits per heavy atom. The van der Waals surface area contributed by atoms with Crippen LogP contribution in [0.2, 0.25) is 0 Å². The van der Waals surface area contributed by atoms with Crippen molar-refractivity contribution in [2.24, 2.45) is 5.92 Å². The number of benzene rings is 2. The average Bonchev–Trinajstić information content (AvgIpc) is 2.94. The third kappa shape index (κ3) is 4.75. The summed E-state index contributed by atoms with van der Waals surface area (Å²) in [6, 6.07) is 11.6. The molecule has 0 radical (unpaired) electrons. The molecule has 3 aliphatic heterocycles. The molecule has 0 bridgehead atoms. The van der Waals surface area contributed by atoms with Crippen LogP contribution in [-0.2, 0) is 31.4 Å². The van der Waals surface area contributed by atoms with Gasteiger partial charge < -0.3 is 14.4 Å². The highest BCUT2D eigenvalue weighted by molar-refractivity contribution is 9.10. The number of piperidine rings is 1. The number of hydrogen-bond donors (Lipinski definition) is 0. The maximum absolute atomic E-state index is 13.4. The Balaban J connectivity index is 1.29. The first-order chi connectivity index (χ1) is 16.8. The molecule has 0 unspecified atom stereocenters. The Morgan fingerprint density at radius 1 is 0.971 bits per heavy atom.